The summed E-state index contributed by atoms with van der Waals surface area (Å²) in [6.45, 7) is 0.585. The molecule has 0 aromatic heterocycles. The number of hydrogen-bond acceptors (Lipinski definition) is 7. The molecule has 9 heteroatoms. The first-order valence-corrected chi connectivity index (χ1v) is 12.8. The van der Waals surface area contributed by atoms with E-state index in [0.717, 1.165) is 16.7 Å². The van der Waals surface area contributed by atoms with Gasteiger partial charge in [-0.1, -0.05) is 78.9 Å². The Morgan fingerprint density at radius 2 is 1.36 bits per heavy atom. The van der Waals surface area contributed by atoms with Crippen LogP contribution in [0, 0.1) is 0 Å². The van der Waals surface area contributed by atoms with Gasteiger partial charge in [-0.2, -0.15) is 0 Å². The summed E-state index contributed by atoms with van der Waals surface area (Å²) in [4.78, 5) is 37.3. The lowest BCUT2D eigenvalue weighted by molar-refractivity contribution is -0.147. The maximum absolute atomic E-state index is 12.8. The molecular weight excluding hydrogens is 500 g/mol. The van der Waals surface area contributed by atoms with Crippen LogP contribution in [0.2, 0.25) is 0 Å². The molecule has 0 radical (unpaired) electrons. The molecule has 0 spiro atoms. The lowest BCUT2D eigenvalue weighted by Gasteiger charge is -2.18. The molecule has 3 aromatic carbocycles. The number of hydrogen-bond donors (Lipinski definition) is 2. The minimum atomic E-state index is -0.949. The Hall–Kier alpha value is -4.53. The van der Waals surface area contributed by atoms with E-state index < -0.39 is 24.2 Å². The van der Waals surface area contributed by atoms with Crippen LogP contribution in [0.3, 0.4) is 0 Å². The molecule has 0 aliphatic heterocycles. The molecular formula is C30H34N2O7. The maximum Gasteiger partial charge on any atom is 0.407 e. The molecule has 0 aliphatic rings. The summed E-state index contributed by atoms with van der Waals surface area (Å²) < 4.78 is 21.2. The Kier molecular flexibility index (Phi) is 12.2. The molecule has 1 unspecified atom stereocenters. The van der Waals surface area contributed by atoms with Crippen molar-refractivity contribution in [3.8, 4) is 5.75 Å². The highest BCUT2D eigenvalue weighted by molar-refractivity contribution is 5.81. The van der Waals surface area contributed by atoms with Gasteiger partial charge in [0.15, 0.2) is 0 Å². The number of amides is 2. The van der Waals surface area contributed by atoms with Crippen molar-refractivity contribution in [3.63, 3.8) is 0 Å². The van der Waals surface area contributed by atoms with Gasteiger partial charge in [0, 0.05) is 13.0 Å². The van der Waals surface area contributed by atoms with E-state index in [9.17, 15) is 14.4 Å². The van der Waals surface area contributed by atoms with Crippen molar-refractivity contribution in [2.45, 2.75) is 38.5 Å². The lowest BCUT2D eigenvalue weighted by atomic mass is 10.1. The van der Waals surface area contributed by atoms with Crippen LogP contribution in [0.15, 0.2) is 84.9 Å². The minimum Gasteiger partial charge on any atom is -0.496 e. The van der Waals surface area contributed by atoms with Crippen LogP contribution in [0.5, 0.6) is 5.75 Å². The van der Waals surface area contributed by atoms with Gasteiger partial charge in [0.05, 0.1) is 13.7 Å². The summed E-state index contributed by atoms with van der Waals surface area (Å²) >= 11 is 0. The summed E-state index contributed by atoms with van der Waals surface area (Å²) in [7, 11) is 1.58. The molecule has 9 nitrogen and oxygen atoms in total. The number of esters is 1. The number of carbonyl (C=O) groups excluding carboxylic acids is 3. The second-order valence-electron chi connectivity index (χ2n) is 8.62. The fourth-order valence-electron chi connectivity index (χ4n) is 3.70. The van der Waals surface area contributed by atoms with Crippen molar-refractivity contribution in [2.24, 2.45) is 0 Å². The largest absolute Gasteiger partial charge is 0.496 e. The van der Waals surface area contributed by atoms with Crippen molar-refractivity contribution in [2.75, 3.05) is 20.3 Å². The molecule has 1 atom stereocenters. The van der Waals surface area contributed by atoms with Gasteiger partial charge in [0.25, 0.3) is 0 Å². The molecule has 0 saturated heterocycles. The molecule has 0 fully saturated rings. The van der Waals surface area contributed by atoms with Gasteiger partial charge < -0.3 is 29.6 Å². The Morgan fingerprint density at radius 1 is 0.744 bits per heavy atom. The number of rotatable bonds is 14. The first-order chi connectivity index (χ1) is 19.0. The van der Waals surface area contributed by atoms with Crippen LogP contribution in [-0.2, 0) is 38.6 Å². The topological polar surface area (TPSA) is 112 Å². The second-order valence-corrected chi connectivity index (χ2v) is 8.62. The van der Waals surface area contributed by atoms with Crippen LogP contribution >= 0.6 is 0 Å². The zero-order valence-electron chi connectivity index (χ0n) is 22.0. The summed E-state index contributed by atoms with van der Waals surface area (Å²) in [5.41, 5.74) is 2.60. The monoisotopic (exact) mass is 534 g/mol. The molecule has 0 aliphatic carbocycles. The van der Waals surface area contributed by atoms with E-state index in [0.29, 0.717) is 18.6 Å². The van der Waals surface area contributed by atoms with Gasteiger partial charge in [-0.25, -0.2) is 14.4 Å². The Morgan fingerprint density at radius 3 is 2.03 bits per heavy atom. The standard InChI is InChI=1S/C30H34N2O7/c1-36-27-17-9-8-15-25(27)18-20-37-30(35)32-26(28(33)38-21-23-11-4-2-5-12-23)16-10-19-31-29(34)39-22-24-13-6-3-7-14-24/h2-9,11-15,17,26H,10,16,18-22H2,1H3,(H,31,34)(H,32,35). The van der Waals surface area contributed by atoms with Crippen molar-refractivity contribution < 1.29 is 33.3 Å². The highest BCUT2D eigenvalue weighted by Gasteiger charge is 2.23. The fourth-order valence-corrected chi connectivity index (χ4v) is 3.70. The maximum atomic E-state index is 12.8. The van der Waals surface area contributed by atoms with Gasteiger partial charge in [0.1, 0.15) is 25.0 Å². The van der Waals surface area contributed by atoms with E-state index >= 15 is 0 Å². The molecule has 3 aromatic rings. The van der Waals surface area contributed by atoms with Crippen molar-refractivity contribution in [1.29, 1.82) is 0 Å². The number of alkyl carbamates (subject to hydrolysis) is 2. The molecule has 3 rings (SSSR count). The third-order valence-corrected chi connectivity index (χ3v) is 5.75. The number of benzene rings is 3. The fraction of sp³-hybridized carbons (Fsp3) is 0.300. The SMILES string of the molecule is COc1ccccc1CCOC(=O)NC(CCCNC(=O)OCc1ccccc1)C(=O)OCc1ccccc1. The number of para-hydroxylation sites is 1. The van der Waals surface area contributed by atoms with E-state index in [4.69, 9.17) is 18.9 Å². The molecule has 0 saturated carbocycles. The number of ether oxygens (including phenoxy) is 4. The van der Waals surface area contributed by atoms with Gasteiger partial charge >= 0.3 is 18.2 Å². The first-order valence-electron chi connectivity index (χ1n) is 12.8. The average molecular weight is 535 g/mol. The van der Waals surface area contributed by atoms with Crippen LogP contribution < -0.4 is 15.4 Å². The van der Waals surface area contributed by atoms with Gasteiger partial charge in [0.2, 0.25) is 0 Å². The Labute approximate surface area is 228 Å². The average Bonchev–Trinajstić information content (AvgIpc) is 2.97. The first kappa shape index (κ1) is 29.0. The van der Waals surface area contributed by atoms with E-state index in [1.54, 1.807) is 7.11 Å². The molecule has 2 amide bonds. The normalized spacial score (nSPS) is 11.1. The third kappa shape index (κ3) is 10.8. The molecule has 2 N–H and O–H groups in total. The van der Waals surface area contributed by atoms with Crippen molar-refractivity contribution in [1.82, 2.24) is 10.6 Å². The zero-order chi connectivity index (χ0) is 27.7. The molecule has 39 heavy (non-hydrogen) atoms. The summed E-state index contributed by atoms with van der Waals surface area (Å²) in [5.74, 6) is 0.117. The van der Waals surface area contributed by atoms with Crippen LogP contribution in [-0.4, -0.2) is 44.5 Å². The number of carbonyl (C=O) groups is 3. The highest BCUT2D eigenvalue weighted by atomic mass is 16.6. The van der Waals surface area contributed by atoms with E-state index in [-0.39, 0.29) is 32.8 Å². The lowest BCUT2D eigenvalue weighted by Crippen LogP contribution is -2.42. The van der Waals surface area contributed by atoms with Gasteiger partial charge in [-0.15, -0.1) is 0 Å². The molecule has 0 bridgehead atoms. The summed E-state index contributed by atoms with van der Waals surface area (Å²) in [6.07, 6.45) is -0.218. The van der Waals surface area contributed by atoms with Gasteiger partial charge in [-0.3, -0.25) is 0 Å². The smallest absolute Gasteiger partial charge is 0.407 e. The predicted octanol–water partition coefficient (Wildman–Crippen LogP) is 4.78. The van der Waals surface area contributed by atoms with E-state index in [2.05, 4.69) is 10.6 Å². The predicted molar refractivity (Wildman–Crippen MR) is 145 cm³/mol. The molecule has 206 valence electrons. The quantitative estimate of drug-likeness (QED) is 0.174. The zero-order valence-corrected chi connectivity index (χ0v) is 22.0. The van der Waals surface area contributed by atoms with Crippen molar-refractivity contribution >= 4 is 18.2 Å². The third-order valence-electron chi connectivity index (χ3n) is 5.75. The highest BCUT2D eigenvalue weighted by Crippen LogP contribution is 2.17. The van der Waals surface area contributed by atoms with Gasteiger partial charge in [-0.05, 0) is 35.6 Å². The van der Waals surface area contributed by atoms with Crippen molar-refractivity contribution in [3.05, 3.63) is 102 Å². The Bertz CT molecular complexity index is 1170. The van der Waals surface area contributed by atoms with Crippen LogP contribution in [0.25, 0.3) is 0 Å². The van der Waals surface area contributed by atoms with E-state index in [1.807, 2.05) is 84.9 Å². The van der Waals surface area contributed by atoms with Crippen LogP contribution in [0.1, 0.15) is 29.5 Å². The molecule has 0 heterocycles. The number of nitrogens with one attached hydrogen (secondary N) is 2. The number of methoxy groups -OCH3 is 1. The van der Waals surface area contributed by atoms with Crippen LogP contribution in [0.4, 0.5) is 9.59 Å². The minimum absolute atomic E-state index is 0.0742. The second kappa shape index (κ2) is 16.3. The summed E-state index contributed by atoms with van der Waals surface area (Å²) in [5, 5.41) is 5.24. The summed E-state index contributed by atoms with van der Waals surface area (Å²) in [6, 6.07) is 25.1. The van der Waals surface area contributed by atoms with E-state index in [1.165, 1.54) is 0 Å². The Balaban J connectivity index is 1.46.